The Bertz CT molecular complexity index is 969. The van der Waals surface area contributed by atoms with Crippen LogP contribution >= 0.6 is 0 Å². The van der Waals surface area contributed by atoms with Crippen molar-refractivity contribution >= 4 is 18.8 Å². The van der Waals surface area contributed by atoms with Crippen LogP contribution in [-0.2, 0) is 22.6 Å². The summed E-state index contributed by atoms with van der Waals surface area (Å²) in [4.78, 5) is 26.6. The predicted octanol–water partition coefficient (Wildman–Crippen LogP) is 2.99. The van der Waals surface area contributed by atoms with E-state index in [1.165, 1.54) is 49.9 Å². The summed E-state index contributed by atoms with van der Waals surface area (Å²) in [6.07, 6.45) is 8.36. The van der Waals surface area contributed by atoms with Gasteiger partial charge in [-0.25, -0.2) is 4.98 Å². The fraction of sp³-hybridized carbons (Fsp3) is 0.519. The summed E-state index contributed by atoms with van der Waals surface area (Å²) in [6.45, 7) is 4.04. The second-order valence-corrected chi connectivity index (χ2v) is 9.63. The van der Waals surface area contributed by atoms with Crippen molar-refractivity contribution in [2.75, 3.05) is 32.5 Å². The van der Waals surface area contributed by atoms with Gasteiger partial charge in [-0.1, -0.05) is 24.6 Å². The second-order valence-electron chi connectivity index (χ2n) is 9.63. The Morgan fingerprint density at radius 3 is 2.58 bits per heavy atom. The van der Waals surface area contributed by atoms with Gasteiger partial charge in [0.2, 0.25) is 0 Å². The molecule has 5 rings (SSSR count). The Morgan fingerprint density at radius 2 is 1.86 bits per heavy atom. The summed E-state index contributed by atoms with van der Waals surface area (Å²) >= 11 is 0. The van der Waals surface area contributed by atoms with Gasteiger partial charge in [-0.15, -0.1) is 0 Å². The second kappa shape index (κ2) is 13.8. The molecule has 0 spiro atoms. The third-order valence-corrected chi connectivity index (χ3v) is 7.60. The first-order valence-corrected chi connectivity index (χ1v) is 12.5. The van der Waals surface area contributed by atoms with Crippen molar-refractivity contribution in [1.29, 1.82) is 0 Å². The molecule has 9 heteroatoms. The average molecular weight is 499 g/mol. The van der Waals surface area contributed by atoms with Crippen LogP contribution in [0.2, 0.25) is 0 Å². The quantitative estimate of drug-likeness (QED) is 0.533. The van der Waals surface area contributed by atoms with Crippen LogP contribution in [0.3, 0.4) is 0 Å². The number of nitrogen functional groups attached to an aromatic ring is 1. The van der Waals surface area contributed by atoms with E-state index in [0.29, 0.717) is 17.8 Å². The van der Waals surface area contributed by atoms with E-state index in [2.05, 4.69) is 39.0 Å². The molecule has 0 unspecified atom stereocenters. The number of carbonyl (C=O) groups is 2. The molecule has 36 heavy (non-hydrogen) atoms. The number of aromatic nitrogens is 1. The van der Waals surface area contributed by atoms with Crippen molar-refractivity contribution in [2.24, 2.45) is 11.8 Å². The van der Waals surface area contributed by atoms with Gasteiger partial charge in [0, 0.05) is 43.5 Å². The maximum atomic E-state index is 8.36. The number of hydrogen-bond acceptors (Lipinski definition) is 7. The number of methoxy groups -OCH3 is 1. The molecule has 0 amide bonds. The first-order chi connectivity index (χ1) is 17.5. The molecule has 0 aliphatic carbocycles. The number of fused-ring (bicyclic) bond motifs is 4. The third-order valence-electron chi connectivity index (χ3n) is 7.60. The summed E-state index contributed by atoms with van der Waals surface area (Å²) < 4.78 is 5.49. The Balaban J connectivity index is 0.000000550. The van der Waals surface area contributed by atoms with Crippen LogP contribution in [0.15, 0.2) is 42.6 Å². The van der Waals surface area contributed by atoms with Gasteiger partial charge in [0.25, 0.3) is 12.9 Å². The molecule has 9 nitrogen and oxygen atoms in total. The van der Waals surface area contributed by atoms with Crippen LogP contribution in [0.1, 0.15) is 36.8 Å². The summed E-state index contributed by atoms with van der Waals surface area (Å²) in [5.41, 5.74) is 8.73. The molecule has 3 aliphatic heterocycles. The molecule has 4 heterocycles. The largest absolute Gasteiger partial charge is 0.497 e. The van der Waals surface area contributed by atoms with Crippen molar-refractivity contribution < 1.29 is 24.5 Å². The maximum absolute atomic E-state index is 8.36. The highest BCUT2D eigenvalue weighted by Gasteiger charge is 2.46. The molecule has 0 radical (unpaired) electrons. The summed E-state index contributed by atoms with van der Waals surface area (Å²) in [5, 5.41) is 13.8. The van der Waals surface area contributed by atoms with E-state index in [0.717, 1.165) is 37.2 Å². The molecule has 4 atom stereocenters. The van der Waals surface area contributed by atoms with E-state index in [-0.39, 0.29) is 12.9 Å². The van der Waals surface area contributed by atoms with Gasteiger partial charge < -0.3 is 20.7 Å². The topological polar surface area (TPSA) is 129 Å². The number of likely N-dealkylation sites (tertiary alicyclic amines) is 1. The lowest BCUT2D eigenvalue weighted by Crippen LogP contribution is -2.63. The number of nitrogens with two attached hydrogens (primary N) is 1. The van der Waals surface area contributed by atoms with E-state index in [1.54, 1.807) is 13.3 Å². The lowest BCUT2D eigenvalue weighted by molar-refractivity contribution is -0.123. The minimum absolute atomic E-state index is 0.250. The molecule has 1 aromatic heterocycles. The minimum Gasteiger partial charge on any atom is -0.497 e. The molecule has 3 fully saturated rings. The van der Waals surface area contributed by atoms with Crippen LogP contribution in [0, 0.1) is 11.8 Å². The van der Waals surface area contributed by atoms with Crippen LogP contribution in [0.25, 0.3) is 0 Å². The molecule has 4 N–H and O–H groups in total. The Kier molecular flexibility index (Phi) is 10.5. The maximum Gasteiger partial charge on any atom is 0.290 e. The van der Waals surface area contributed by atoms with Crippen molar-refractivity contribution in [1.82, 2.24) is 14.8 Å². The van der Waals surface area contributed by atoms with Crippen LogP contribution in [0.5, 0.6) is 5.75 Å². The monoisotopic (exact) mass is 498 g/mol. The summed E-state index contributed by atoms with van der Waals surface area (Å²) in [6, 6.07) is 14.2. The highest BCUT2D eigenvalue weighted by molar-refractivity contribution is 5.38. The molecular formula is C27H38N4O5. The van der Waals surface area contributed by atoms with E-state index in [4.69, 9.17) is 30.3 Å². The van der Waals surface area contributed by atoms with Crippen molar-refractivity contribution in [2.45, 2.75) is 50.7 Å². The van der Waals surface area contributed by atoms with Gasteiger partial charge >= 0.3 is 0 Å². The van der Waals surface area contributed by atoms with Crippen LogP contribution < -0.4 is 10.5 Å². The van der Waals surface area contributed by atoms with Gasteiger partial charge in [0.1, 0.15) is 11.6 Å². The average Bonchev–Trinajstić information content (AvgIpc) is 2.89. The summed E-state index contributed by atoms with van der Waals surface area (Å²) in [7, 11) is 1.76. The zero-order valence-corrected chi connectivity index (χ0v) is 20.9. The Morgan fingerprint density at radius 1 is 1.11 bits per heavy atom. The highest BCUT2D eigenvalue weighted by atomic mass is 16.5. The van der Waals surface area contributed by atoms with Crippen molar-refractivity contribution in [3.05, 3.63) is 53.7 Å². The molecule has 3 saturated heterocycles. The van der Waals surface area contributed by atoms with E-state index >= 15 is 0 Å². The standard InChI is InChI=1S/C25H34N4O.2CH2O2/c1-30-22-8-4-6-18(12-22)13-24-21-14-20(23-9-2-3-11-29(23)24)16-28(17-21)15-19-7-5-10-27-25(19)26;2*2-1-3/h4-8,10,12,20-21,23-24H,2-3,9,11,13-17H2,1H3,(H2,26,27);2*1H,(H,2,3)/t20-,21+,23+,24+;;/m1../s1. The zero-order chi connectivity index (χ0) is 25.9. The number of piperidine rings is 3. The smallest absolute Gasteiger partial charge is 0.290 e. The van der Waals surface area contributed by atoms with E-state index < -0.39 is 0 Å². The number of carboxylic acid groups (broad SMARTS) is 2. The third kappa shape index (κ3) is 6.95. The van der Waals surface area contributed by atoms with Gasteiger partial charge in [-0.3, -0.25) is 19.4 Å². The first-order valence-electron chi connectivity index (χ1n) is 12.5. The number of anilines is 1. The predicted molar refractivity (Wildman–Crippen MR) is 138 cm³/mol. The fourth-order valence-electron chi connectivity index (χ4n) is 6.28. The minimum atomic E-state index is -0.250. The number of benzene rings is 1. The van der Waals surface area contributed by atoms with Crippen molar-refractivity contribution in [3.63, 3.8) is 0 Å². The summed E-state index contributed by atoms with van der Waals surface area (Å²) in [5.74, 6) is 3.14. The fourth-order valence-corrected chi connectivity index (χ4v) is 6.28. The van der Waals surface area contributed by atoms with Crippen LogP contribution in [-0.4, -0.2) is 76.8 Å². The number of nitrogens with zero attached hydrogens (tertiary/aromatic N) is 3. The van der Waals surface area contributed by atoms with Gasteiger partial charge in [0.05, 0.1) is 7.11 Å². The number of pyridine rings is 1. The van der Waals surface area contributed by atoms with Crippen molar-refractivity contribution in [3.8, 4) is 5.75 Å². The lowest BCUT2D eigenvalue weighted by atomic mass is 9.71. The molecule has 3 aliphatic rings. The van der Waals surface area contributed by atoms with E-state index in [9.17, 15) is 0 Å². The van der Waals surface area contributed by atoms with Crippen LogP contribution in [0.4, 0.5) is 5.82 Å². The normalized spacial score (nSPS) is 25.1. The molecule has 2 aromatic rings. The number of rotatable bonds is 5. The molecule has 1 aromatic carbocycles. The zero-order valence-electron chi connectivity index (χ0n) is 20.9. The van der Waals surface area contributed by atoms with Gasteiger partial charge in [-0.05, 0) is 67.8 Å². The van der Waals surface area contributed by atoms with E-state index in [1.807, 2.05) is 12.1 Å². The molecule has 2 bridgehead atoms. The SMILES string of the molecule is COc1cccc(C[C@H]2[C@H]3C[C@H](CN(Cc4cccnc4N)C3)[C@@H]3CCCCN32)c1.O=CO.O=CO. The Hall–Kier alpha value is -3.17. The molecular weight excluding hydrogens is 460 g/mol. The number of ether oxygens (including phenoxy) is 1. The first kappa shape index (κ1) is 27.4. The highest BCUT2D eigenvalue weighted by Crippen LogP contribution is 2.42. The Labute approximate surface area is 212 Å². The molecule has 196 valence electrons. The lowest BCUT2D eigenvalue weighted by Gasteiger charge is -2.57. The van der Waals surface area contributed by atoms with Gasteiger partial charge in [-0.2, -0.15) is 0 Å². The number of hydrogen-bond donors (Lipinski definition) is 3. The van der Waals surface area contributed by atoms with Gasteiger partial charge in [0.15, 0.2) is 0 Å². The molecule has 0 saturated carbocycles.